The number of piperazine rings is 1. The van der Waals surface area contributed by atoms with E-state index in [0.29, 0.717) is 44.2 Å². The van der Waals surface area contributed by atoms with Crippen molar-refractivity contribution < 1.29 is 14.6 Å². The number of para-hydroxylation sites is 1. The van der Waals surface area contributed by atoms with Crippen LogP contribution in [0.25, 0.3) is 22.3 Å². The number of benzene rings is 2. The van der Waals surface area contributed by atoms with Gasteiger partial charge in [-0.3, -0.25) is 4.79 Å². The van der Waals surface area contributed by atoms with Crippen molar-refractivity contribution in [3.8, 4) is 17.1 Å². The topological polar surface area (TPSA) is 78.8 Å². The van der Waals surface area contributed by atoms with E-state index in [4.69, 9.17) is 14.7 Å². The third kappa shape index (κ3) is 3.81. The zero-order chi connectivity index (χ0) is 21.4. The highest BCUT2D eigenvalue weighted by Gasteiger charge is 2.31. The number of carbonyl (C=O) groups is 1. The van der Waals surface area contributed by atoms with E-state index in [-0.39, 0.29) is 17.8 Å². The number of aromatic nitrogens is 2. The highest BCUT2D eigenvalue weighted by molar-refractivity contribution is 5.92. The molecular formula is C24H26N4O3. The molecule has 31 heavy (non-hydrogen) atoms. The summed E-state index contributed by atoms with van der Waals surface area (Å²) in [7, 11) is 0. The van der Waals surface area contributed by atoms with Crippen LogP contribution in [0.3, 0.4) is 0 Å². The van der Waals surface area contributed by atoms with E-state index in [2.05, 4.69) is 17.0 Å². The maximum Gasteiger partial charge on any atom is 0.251 e. The fourth-order valence-corrected chi connectivity index (χ4v) is 4.36. The second-order valence-corrected chi connectivity index (χ2v) is 8.22. The van der Waals surface area contributed by atoms with Gasteiger partial charge in [-0.05, 0) is 49.6 Å². The molecule has 7 heteroatoms. The molecule has 0 spiro atoms. The van der Waals surface area contributed by atoms with Gasteiger partial charge in [-0.25, -0.2) is 9.97 Å². The van der Waals surface area contributed by atoms with Gasteiger partial charge in [0, 0.05) is 38.2 Å². The number of nitrogens with zero attached hydrogens (tertiary/aromatic N) is 4. The number of hydrogen-bond acceptors (Lipinski definition) is 6. The average Bonchev–Trinajstić information content (AvgIpc) is 3.33. The third-order valence-electron chi connectivity index (χ3n) is 6.07. The first kappa shape index (κ1) is 19.8. The summed E-state index contributed by atoms with van der Waals surface area (Å²) in [5.74, 6) is 1.61. The Kier molecular flexibility index (Phi) is 5.19. The first-order chi connectivity index (χ1) is 15.1. The van der Waals surface area contributed by atoms with Crippen LogP contribution in [0.1, 0.15) is 18.4 Å². The lowest BCUT2D eigenvalue weighted by Crippen LogP contribution is -2.51. The van der Waals surface area contributed by atoms with Gasteiger partial charge in [-0.1, -0.05) is 18.2 Å². The van der Waals surface area contributed by atoms with E-state index < -0.39 is 0 Å². The highest BCUT2D eigenvalue weighted by atomic mass is 16.5. The Balaban J connectivity index is 1.46. The SMILES string of the molecule is Cc1ccc2c(N3CCN(C(=O)[C@H]4CCCO4)CC3)nc(-c3ccccc3O)nc2c1. The number of rotatable bonds is 3. The molecule has 160 valence electrons. The molecule has 2 saturated heterocycles. The van der Waals surface area contributed by atoms with Crippen LogP contribution in [-0.2, 0) is 9.53 Å². The van der Waals surface area contributed by atoms with E-state index in [9.17, 15) is 9.90 Å². The molecule has 3 aromatic rings. The van der Waals surface area contributed by atoms with Crippen LogP contribution in [0.2, 0.25) is 0 Å². The Bertz CT molecular complexity index is 1120. The number of anilines is 1. The fourth-order valence-electron chi connectivity index (χ4n) is 4.36. The first-order valence-electron chi connectivity index (χ1n) is 10.8. The molecule has 1 aromatic heterocycles. The summed E-state index contributed by atoms with van der Waals surface area (Å²) in [6, 6.07) is 13.3. The molecule has 2 aliphatic heterocycles. The Morgan fingerprint density at radius 1 is 1.10 bits per heavy atom. The molecule has 7 nitrogen and oxygen atoms in total. The lowest BCUT2D eigenvalue weighted by molar-refractivity contribution is -0.141. The number of carbonyl (C=O) groups excluding carboxylic acids is 1. The van der Waals surface area contributed by atoms with E-state index >= 15 is 0 Å². The zero-order valence-electron chi connectivity index (χ0n) is 17.6. The minimum absolute atomic E-state index is 0.107. The fraction of sp³-hybridized carbons (Fsp3) is 0.375. The summed E-state index contributed by atoms with van der Waals surface area (Å²) in [6.45, 7) is 5.38. The molecule has 0 bridgehead atoms. The van der Waals surface area contributed by atoms with Crippen LogP contribution >= 0.6 is 0 Å². The normalized spacial score (nSPS) is 19.2. The second-order valence-electron chi connectivity index (χ2n) is 8.22. The molecule has 1 N–H and O–H groups in total. The number of fused-ring (bicyclic) bond motifs is 1. The third-order valence-corrected chi connectivity index (χ3v) is 6.07. The van der Waals surface area contributed by atoms with Gasteiger partial charge in [0.05, 0.1) is 11.1 Å². The number of phenols is 1. The largest absolute Gasteiger partial charge is 0.507 e. The van der Waals surface area contributed by atoms with Crippen molar-refractivity contribution >= 4 is 22.6 Å². The van der Waals surface area contributed by atoms with Crippen molar-refractivity contribution in [1.82, 2.24) is 14.9 Å². The predicted molar refractivity (Wildman–Crippen MR) is 119 cm³/mol. The summed E-state index contributed by atoms with van der Waals surface area (Å²) >= 11 is 0. The molecule has 5 rings (SSSR count). The summed E-state index contributed by atoms with van der Waals surface area (Å²) in [5.41, 5.74) is 2.58. The van der Waals surface area contributed by atoms with Crippen LogP contribution in [0.15, 0.2) is 42.5 Å². The maximum absolute atomic E-state index is 12.7. The van der Waals surface area contributed by atoms with Crippen molar-refractivity contribution in [2.75, 3.05) is 37.7 Å². The second kappa shape index (κ2) is 8.15. The van der Waals surface area contributed by atoms with Gasteiger partial charge in [-0.15, -0.1) is 0 Å². The molecule has 3 heterocycles. The average molecular weight is 418 g/mol. The van der Waals surface area contributed by atoms with E-state index in [0.717, 1.165) is 35.1 Å². The van der Waals surface area contributed by atoms with E-state index in [1.54, 1.807) is 12.1 Å². The van der Waals surface area contributed by atoms with Crippen LogP contribution < -0.4 is 4.90 Å². The molecule has 2 aromatic carbocycles. The van der Waals surface area contributed by atoms with Gasteiger partial charge in [0.2, 0.25) is 0 Å². The maximum atomic E-state index is 12.7. The zero-order valence-corrected chi connectivity index (χ0v) is 17.6. The van der Waals surface area contributed by atoms with E-state index in [1.165, 1.54) is 0 Å². The molecule has 0 saturated carbocycles. The summed E-state index contributed by atoms with van der Waals surface area (Å²) in [5, 5.41) is 11.3. The Morgan fingerprint density at radius 3 is 2.65 bits per heavy atom. The predicted octanol–water partition coefficient (Wildman–Crippen LogP) is 3.14. The number of aromatic hydroxyl groups is 1. The van der Waals surface area contributed by atoms with Crippen LogP contribution in [0.5, 0.6) is 5.75 Å². The Morgan fingerprint density at radius 2 is 1.90 bits per heavy atom. The van der Waals surface area contributed by atoms with Gasteiger partial charge in [-0.2, -0.15) is 0 Å². The molecule has 2 aliphatic rings. The summed E-state index contributed by atoms with van der Waals surface area (Å²) in [6.07, 6.45) is 1.50. The number of amides is 1. The Hall–Kier alpha value is -3.19. The molecule has 1 atom stereocenters. The molecular weight excluding hydrogens is 392 g/mol. The van der Waals surface area contributed by atoms with Crippen molar-refractivity contribution in [3.63, 3.8) is 0 Å². The molecule has 2 fully saturated rings. The lowest BCUT2D eigenvalue weighted by atomic mass is 10.1. The van der Waals surface area contributed by atoms with Crippen molar-refractivity contribution in [3.05, 3.63) is 48.0 Å². The molecule has 0 radical (unpaired) electrons. The number of ether oxygens (including phenoxy) is 1. The quantitative estimate of drug-likeness (QED) is 0.704. The van der Waals surface area contributed by atoms with Crippen molar-refractivity contribution in [2.24, 2.45) is 0 Å². The van der Waals surface area contributed by atoms with Gasteiger partial charge in [0.25, 0.3) is 5.91 Å². The van der Waals surface area contributed by atoms with Crippen molar-refractivity contribution in [2.45, 2.75) is 25.9 Å². The van der Waals surface area contributed by atoms with Crippen LogP contribution in [-0.4, -0.2) is 64.8 Å². The highest BCUT2D eigenvalue weighted by Crippen LogP contribution is 2.32. The monoisotopic (exact) mass is 418 g/mol. The minimum atomic E-state index is -0.276. The summed E-state index contributed by atoms with van der Waals surface area (Å²) < 4.78 is 5.58. The Labute approximate surface area is 181 Å². The smallest absolute Gasteiger partial charge is 0.251 e. The number of aryl methyl sites for hydroxylation is 1. The first-order valence-corrected chi connectivity index (χ1v) is 10.8. The number of phenolic OH excluding ortho intramolecular Hbond substituents is 1. The van der Waals surface area contributed by atoms with E-state index in [1.807, 2.05) is 30.0 Å². The molecule has 1 amide bonds. The van der Waals surface area contributed by atoms with Gasteiger partial charge < -0.3 is 19.6 Å². The standard InChI is InChI=1S/C24H26N4O3/c1-16-8-9-17-19(15-16)25-22(18-5-2-3-6-20(18)29)26-23(17)27-10-12-28(13-11-27)24(30)21-7-4-14-31-21/h2-3,5-6,8-9,15,21,29H,4,7,10-14H2,1H3/t21-/m1/s1. The van der Waals surface area contributed by atoms with Crippen LogP contribution in [0, 0.1) is 6.92 Å². The summed E-state index contributed by atoms with van der Waals surface area (Å²) in [4.78, 5) is 26.4. The van der Waals surface area contributed by atoms with Crippen molar-refractivity contribution in [1.29, 1.82) is 0 Å². The van der Waals surface area contributed by atoms with Gasteiger partial charge >= 0.3 is 0 Å². The van der Waals surface area contributed by atoms with Gasteiger partial charge in [0.15, 0.2) is 5.82 Å². The molecule has 0 unspecified atom stereocenters. The number of hydrogen-bond donors (Lipinski definition) is 1. The van der Waals surface area contributed by atoms with Gasteiger partial charge in [0.1, 0.15) is 17.7 Å². The minimum Gasteiger partial charge on any atom is -0.507 e. The van der Waals surface area contributed by atoms with Crippen LogP contribution in [0.4, 0.5) is 5.82 Å². The molecule has 0 aliphatic carbocycles. The lowest BCUT2D eigenvalue weighted by Gasteiger charge is -2.36.